The number of esters is 1. The number of hydrogen-bond acceptors (Lipinski definition) is 5. The first-order valence-corrected chi connectivity index (χ1v) is 8.26. The van der Waals surface area contributed by atoms with Crippen molar-refractivity contribution in [2.24, 2.45) is 0 Å². The normalized spacial score (nSPS) is 16.5. The average Bonchev–Trinajstić information content (AvgIpc) is 2.98. The molecule has 0 unspecified atom stereocenters. The third-order valence-corrected chi connectivity index (χ3v) is 4.57. The number of amides is 1. The minimum absolute atomic E-state index is 0.143. The van der Waals surface area contributed by atoms with E-state index in [9.17, 15) is 9.59 Å². The van der Waals surface area contributed by atoms with Crippen molar-refractivity contribution in [1.29, 1.82) is 0 Å². The predicted octanol–water partition coefficient (Wildman–Crippen LogP) is 3.32. The Bertz CT molecular complexity index is 708. The summed E-state index contributed by atoms with van der Waals surface area (Å²) in [6.07, 6.45) is 0.876. The molecule has 0 bridgehead atoms. The number of thiophene rings is 1. The van der Waals surface area contributed by atoms with Gasteiger partial charge < -0.3 is 14.8 Å². The van der Waals surface area contributed by atoms with E-state index in [4.69, 9.17) is 9.47 Å². The molecule has 6 heteroatoms. The van der Waals surface area contributed by atoms with Gasteiger partial charge in [-0.25, -0.2) is 0 Å². The molecule has 0 saturated carbocycles. The van der Waals surface area contributed by atoms with Crippen molar-refractivity contribution in [2.45, 2.75) is 25.9 Å². The molecule has 0 saturated heterocycles. The fourth-order valence-electron chi connectivity index (χ4n) is 2.51. The van der Waals surface area contributed by atoms with Crippen LogP contribution in [0.1, 0.15) is 29.9 Å². The van der Waals surface area contributed by atoms with Crippen molar-refractivity contribution in [3.8, 4) is 5.75 Å². The van der Waals surface area contributed by atoms with Crippen LogP contribution in [0.2, 0.25) is 0 Å². The molecule has 3 rings (SSSR count). The number of nitrogens with one attached hydrogen (secondary N) is 1. The smallest absolute Gasteiger partial charge is 0.314 e. The number of anilines is 1. The Kier molecular flexibility index (Phi) is 4.73. The number of rotatable bonds is 4. The fraction of sp³-hybridized carbons (Fsp3) is 0.294. The van der Waals surface area contributed by atoms with E-state index in [-0.39, 0.29) is 24.4 Å². The van der Waals surface area contributed by atoms with Gasteiger partial charge in [0.1, 0.15) is 11.9 Å². The molecule has 1 atom stereocenters. The van der Waals surface area contributed by atoms with Gasteiger partial charge in [-0.15, -0.1) is 11.3 Å². The Hall–Kier alpha value is -2.18. The standard InChI is InChI=1S/C17H17NO4S/c1-11(19)18-13-2-4-14(5-3-13)22-16(20)10-15-17-12(6-8-21-15)7-9-23-17/h2-5,7,9,15H,6,8,10H2,1H3,(H,18,19)/t15-/m0/s1. The number of benzene rings is 1. The molecule has 0 radical (unpaired) electrons. The van der Waals surface area contributed by atoms with Crippen LogP contribution in [-0.4, -0.2) is 18.5 Å². The summed E-state index contributed by atoms with van der Waals surface area (Å²) < 4.78 is 11.0. The van der Waals surface area contributed by atoms with Crippen molar-refractivity contribution in [1.82, 2.24) is 0 Å². The molecule has 1 N–H and O–H groups in total. The zero-order chi connectivity index (χ0) is 16.2. The van der Waals surface area contributed by atoms with Crippen molar-refractivity contribution in [3.05, 3.63) is 46.2 Å². The van der Waals surface area contributed by atoms with Gasteiger partial charge in [0.2, 0.25) is 5.91 Å². The Morgan fingerprint density at radius 3 is 2.83 bits per heavy atom. The van der Waals surface area contributed by atoms with E-state index in [1.807, 2.05) is 5.38 Å². The van der Waals surface area contributed by atoms with Gasteiger partial charge in [-0.2, -0.15) is 0 Å². The predicted molar refractivity (Wildman–Crippen MR) is 87.7 cm³/mol. The molecule has 0 spiro atoms. The molecule has 1 aliphatic rings. The van der Waals surface area contributed by atoms with Gasteiger partial charge in [0.05, 0.1) is 13.0 Å². The van der Waals surface area contributed by atoms with Crippen LogP contribution < -0.4 is 10.1 Å². The summed E-state index contributed by atoms with van der Waals surface area (Å²) in [5.41, 5.74) is 1.93. The lowest BCUT2D eigenvalue weighted by Gasteiger charge is -2.22. The first kappa shape index (κ1) is 15.7. The van der Waals surface area contributed by atoms with Gasteiger partial charge in [-0.3, -0.25) is 9.59 Å². The number of fused-ring (bicyclic) bond motifs is 1. The van der Waals surface area contributed by atoms with Crippen LogP contribution in [0.5, 0.6) is 5.75 Å². The molecule has 2 heterocycles. The highest BCUT2D eigenvalue weighted by Crippen LogP contribution is 2.34. The molecule has 2 aromatic rings. The van der Waals surface area contributed by atoms with Crippen LogP contribution in [0.3, 0.4) is 0 Å². The Morgan fingerprint density at radius 2 is 2.09 bits per heavy atom. The summed E-state index contributed by atoms with van der Waals surface area (Å²) in [4.78, 5) is 24.2. The molecule has 1 amide bonds. The fourth-order valence-corrected chi connectivity index (χ4v) is 3.51. The zero-order valence-corrected chi connectivity index (χ0v) is 13.5. The van der Waals surface area contributed by atoms with Gasteiger partial charge in [0, 0.05) is 17.5 Å². The molecule has 120 valence electrons. The van der Waals surface area contributed by atoms with Gasteiger partial charge in [-0.1, -0.05) is 0 Å². The van der Waals surface area contributed by atoms with Crippen molar-refractivity contribution in [3.63, 3.8) is 0 Å². The molecular weight excluding hydrogens is 314 g/mol. The van der Waals surface area contributed by atoms with Crippen LogP contribution >= 0.6 is 11.3 Å². The quantitative estimate of drug-likeness (QED) is 0.689. The number of ether oxygens (including phenoxy) is 2. The molecule has 1 aromatic heterocycles. The highest BCUT2D eigenvalue weighted by Gasteiger charge is 2.25. The van der Waals surface area contributed by atoms with E-state index in [1.165, 1.54) is 12.5 Å². The largest absolute Gasteiger partial charge is 0.426 e. The highest BCUT2D eigenvalue weighted by molar-refractivity contribution is 7.10. The van der Waals surface area contributed by atoms with Crippen LogP contribution in [0, 0.1) is 0 Å². The summed E-state index contributed by atoms with van der Waals surface area (Å²) in [5.74, 6) is -0.0224. The van der Waals surface area contributed by atoms with E-state index in [1.54, 1.807) is 35.6 Å². The lowest BCUT2D eigenvalue weighted by atomic mass is 10.1. The molecule has 5 nitrogen and oxygen atoms in total. The summed E-state index contributed by atoms with van der Waals surface area (Å²) in [5, 5.41) is 4.69. The number of carbonyl (C=O) groups excluding carboxylic acids is 2. The van der Waals surface area contributed by atoms with E-state index >= 15 is 0 Å². The minimum atomic E-state index is -0.330. The van der Waals surface area contributed by atoms with Gasteiger partial charge in [0.25, 0.3) is 0 Å². The molecular formula is C17H17NO4S. The molecule has 0 aliphatic carbocycles. The first-order chi connectivity index (χ1) is 11.1. The van der Waals surface area contributed by atoms with Crippen molar-refractivity contribution in [2.75, 3.05) is 11.9 Å². The van der Waals surface area contributed by atoms with Crippen molar-refractivity contribution < 1.29 is 19.1 Å². The minimum Gasteiger partial charge on any atom is -0.426 e. The van der Waals surface area contributed by atoms with Crippen LogP contribution in [0.15, 0.2) is 35.7 Å². The molecule has 23 heavy (non-hydrogen) atoms. The monoisotopic (exact) mass is 331 g/mol. The maximum atomic E-state index is 12.1. The van der Waals surface area contributed by atoms with E-state index < -0.39 is 0 Å². The molecule has 0 fully saturated rings. The van der Waals surface area contributed by atoms with Gasteiger partial charge in [-0.05, 0) is 47.7 Å². The Morgan fingerprint density at radius 1 is 1.30 bits per heavy atom. The lowest BCUT2D eigenvalue weighted by Crippen LogP contribution is -2.19. The summed E-state index contributed by atoms with van der Waals surface area (Å²) in [6, 6.07) is 8.78. The highest BCUT2D eigenvalue weighted by atomic mass is 32.1. The summed E-state index contributed by atoms with van der Waals surface area (Å²) >= 11 is 1.62. The molecule has 1 aliphatic heterocycles. The lowest BCUT2D eigenvalue weighted by molar-refractivity contribution is -0.137. The van der Waals surface area contributed by atoms with Crippen LogP contribution in [0.25, 0.3) is 0 Å². The van der Waals surface area contributed by atoms with Crippen LogP contribution in [-0.2, 0) is 20.7 Å². The maximum Gasteiger partial charge on any atom is 0.314 e. The zero-order valence-electron chi connectivity index (χ0n) is 12.7. The third-order valence-electron chi connectivity index (χ3n) is 3.52. The average molecular weight is 331 g/mol. The van der Waals surface area contributed by atoms with E-state index in [0.717, 1.165) is 11.3 Å². The third kappa shape index (κ3) is 3.97. The van der Waals surface area contributed by atoms with Crippen molar-refractivity contribution >= 4 is 28.9 Å². The Balaban J connectivity index is 1.59. The maximum absolute atomic E-state index is 12.1. The Labute approximate surface area is 138 Å². The van der Waals surface area contributed by atoms with Gasteiger partial charge >= 0.3 is 5.97 Å². The van der Waals surface area contributed by atoms with E-state index in [2.05, 4.69) is 11.4 Å². The number of hydrogen-bond donors (Lipinski definition) is 1. The second kappa shape index (κ2) is 6.93. The first-order valence-electron chi connectivity index (χ1n) is 7.38. The molecule has 1 aromatic carbocycles. The van der Waals surface area contributed by atoms with Gasteiger partial charge in [0.15, 0.2) is 0 Å². The number of carbonyl (C=O) groups is 2. The topological polar surface area (TPSA) is 64.6 Å². The summed E-state index contributed by atoms with van der Waals surface area (Å²) in [7, 11) is 0. The summed E-state index contributed by atoms with van der Waals surface area (Å²) in [6.45, 7) is 2.07. The van der Waals surface area contributed by atoms with E-state index in [0.29, 0.717) is 18.0 Å². The SMILES string of the molecule is CC(=O)Nc1ccc(OC(=O)C[C@@H]2OCCc3ccsc32)cc1. The second-order valence-corrected chi connectivity index (χ2v) is 6.25. The second-order valence-electron chi connectivity index (χ2n) is 5.30. The van der Waals surface area contributed by atoms with Crippen LogP contribution in [0.4, 0.5) is 5.69 Å².